The summed E-state index contributed by atoms with van der Waals surface area (Å²) in [6.07, 6.45) is 3.22. The van der Waals surface area contributed by atoms with Crippen LogP contribution >= 0.6 is 23.2 Å². The maximum atomic E-state index is 12.1. The molecule has 1 N–H and O–H groups in total. The van der Waals surface area contributed by atoms with E-state index >= 15 is 0 Å². The molecule has 2 aromatic rings. The average molecular weight is 423 g/mol. The van der Waals surface area contributed by atoms with Crippen LogP contribution in [0.1, 0.15) is 16.8 Å². The third-order valence-electron chi connectivity index (χ3n) is 4.59. The van der Waals surface area contributed by atoms with Gasteiger partial charge in [-0.25, -0.2) is 4.68 Å². The van der Waals surface area contributed by atoms with Crippen molar-refractivity contribution in [1.82, 2.24) is 20.0 Å². The van der Waals surface area contributed by atoms with Crippen LogP contribution < -0.4 is 5.32 Å². The Hall–Kier alpha value is -1.86. The highest BCUT2D eigenvalue weighted by Crippen LogP contribution is 2.22. The summed E-state index contributed by atoms with van der Waals surface area (Å²) < 4.78 is 7.03. The van der Waals surface area contributed by atoms with Gasteiger partial charge in [0.15, 0.2) is 0 Å². The van der Waals surface area contributed by atoms with Gasteiger partial charge in [-0.3, -0.25) is 9.69 Å². The Bertz CT molecular complexity index is 827. The summed E-state index contributed by atoms with van der Waals surface area (Å²) in [7, 11) is 0. The van der Waals surface area contributed by atoms with Gasteiger partial charge in [-0.2, -0.15) is 5.10 Å². The number of halogens is 2. The molecule has 1 amide bonds. The molecule has 6 nitrogen and oxygen atoms in total. The second-order valence-electron chi connectivity index (χ2n) is 6.65. The molecule has 1 aromatic carbocycles. The van der Waals surface area contributed by atoms with Crippen molar-refractivity contribution in [1.29, 1.82) is 0 Å². The van der Waals surface area contributed by atoms with Crippen molar-refractivity contribution in [2.75, 3.05) is 39.4 Å². The molecule has 1 aliphatic heterocycles. The molecule has 1 fully saturated rings. The lowest BCUT2D eigenvalue weighted by Crippen LogP contribution is -2.41. The van der Waals surface area contributed by atoms with Gasteiger partial charge in [0.05, 0.1) is 25.5 Å². The lowest BCUT2D eigenvalue weighted by Gasteiger charge is -2.26. The number of nitrogens with one attached hydrogen (secondary N) is 1. The molecule has 1 aliphatic rings. The lowest BCUT2D eigenvalue weighted by atomic mass is 10.2. The third-order valence-corrected chi connectivity index (χ3v) is 5.24. The Morgan fingerprint density at radius 1 is 1.25 bits per heavy atom. The topological polar surface area (TPSA) is 59.4 Å². The number of benzene rings is 1. The number of carbonyl (C=O) groups excluding carboxylic acids is 1. The van der Waals surface area contributed by atoms with Crippen molar-refractivity contribution in [2.45, 2.75) is 13.5 Å². The molecule has 1 saturated heterocycles. The Morgan fingerprint density at radius 3 is 2.68 bits per heavy atom. The molecule has 0 bridgehead atoms. The Balaban J connectivity index is 1.54. The second-order valence-corrected chi connectivity index (χ2v) is 7.45. The van der Waals surface area contributed by atoms with Crippen molar-refractivity contribution in [2.24, 2.45) is 0 Å². The average Bonchev–Trinajstić information content (AvgIpc) is 2.96. The van der Waals surface area contributed by atoms with Crippen LogP contribution in [0.25, 0.3) is 6.08 Å². The van der Waals surface area contributed by atoms with Crippen molar-refractivity contribution < 1.29 is 9.53 Å². The lowest BCUT2D eigenvalue weighted by molar-refractivity contribution is -0.116. The fourth-order valence-corrected chi connectivity index (χ4v) is 3.43. The minimum atomic E-state index is -0.144. The predicted molar refractivity (Wildman–Crippen MR) is 112 cm³/mol. The first-order valence-electron chi connectivity index (χ1n) is 9.26. The number of aromatic nitrogens is 2. The molecule has 0 aliphatic carbocycles. The van der Waals surface area contributed by atoms with Gasteiger partial charge in [0, 0.05) is 42.8 Å². The number of hydrogen-bond donors (Lipinski definition) is 1. The molecule has 28 heavy (non-hydrogen) atoms. The zero-order chi connectivity index (χ0) is 19.9. The summed E-state index contributed by atoms with van der Waals surface area (Å²) in [6.45, 7) is 7.17. The first-order chi connectivity index (χ1) is 13.5. The smallest absolute Gasteiger partial charge is 0.244 e. The molecule has 0 radical (unpaired) electrons. The van der Waals surface area contributed by atoms with E-state index in [2.05, 4.69) is 15.3 Å². The quantitative estimate of drug-likeness (QED) is 0.696. The van der Waals surface area contributed by atoms with E-state index in [-0.39, 0.29) is 5.91 Å². The van der Waals surface area contributed by atoms with Gasteiger partial charge in [0.1, 0.15) is 5.15 Å². The van der Waals surface area contributed by atoms with E-state index < -0.39 is 0 Å². The maximum absolute atomic E-state index is 12.1. The van der Waals surface area contributed by atoms with Crippen LogP contribution in [-0.2, 0) is 16.1 Å². The summed E-state index contributed by atoms with van der Waals surface area (Å²) in [6, 6.07) is 7.55. The fourth-order valence-electron chi connectivity index (χ4n) is 3.00. The molecule has 0 unspecified atom stereocenters. The third kappa shape index (κ3) is 5.82. The van der Waals surface area contributed by atoms with E-state index in [9.17, 15) is 4.79 Å². The minimum Gasteiger partial charge on any atom is -0.379 e. The van der Waals surface area contributed by atoms with Gasteiger partial charge in [0.2, 0.25) is 5.91 Å². The van der Waals surface area contributed by atoms with E-state index in [0.29, 0.717) is 23.3 Å². The summed E-state index contributed by atoms with van der Waals surface area (Å²) in [5.74, 6) is -0.144. The number of ether oxygens (including phenoxy) is 1. The summed E-state index contributed by atoms with van der Waals surface area (Å²) in [5.41, 5.74) is 2.57. The van der Waals surface area contributed by atoms with E-state index in [1.807, 2.05) is 31.2 Å². The van der Waals surface area contributed by atoms with Gasteiger partial charge >= 0.3 is 0 Å². The van der Waals surface area contributed by atoms with Crippen LogP contribution in [0.2, 0.25) is 10.2 Å². The largest absolute Gasteiger partial charge is 0.379 e. The summed E-state index contributed by atoms with van der Waals surface area (Å²) >= 11 is 12.4. The molecule has 8 heteroatoms. The zero-order valence-corrected chi connectivity index (χ0v) is 17.3. The van der Waals surface area contributed by atoms with E-state index in [0.717, 1.165) is 49.7 Å². The number of carbonyl (C=O) groups is 1. The fraction of sp³-hybridized carbons (Fsp3) is 0.400. The highest BCUT2D eigenvalue weighted by molar-refractivity contribution is 6.31. The monoisotopic (exact) mass is 422 g/mol. The van der Waals surface area contributed by atoms with E-state index in [4.69, 9.17) is 27.9 Å². The van der Waals surface area contributed by atoms with Gasteiger partial charge in [-0.1, -0.05) is 35.3 Å². The molecule has 150 valence electrons. The van der Waals surface area contributed by atoms with Crippen LogP contribution in [0.15, 0.2) is 30.3 Å². The Labute approximate surface area is 175 Å². The molecular weight excluding hydrogens is 399 g/mol. The maximum Gasteiger partial charge on any atom is 0.244 e. The SMILES string of the molecule is Cc1nn(Cc2ccc(Cl)cc2)c(Cl)c1C=CC(=O)NCCN1CCOCC1. The zero-order valence-electron chi connectivity index (χ0n) is 15.8. The highest BCUT2D eigenvalue weighted by Gasteiger charge is 2.12. The molecule has 1 aromatic heterocycles. The molecule has 2 heterocycles. The molecule has 0 spiro atoms. The number of morpholine rings is 1. The molecule has 0 saturated carbocycles. The van der Waals surface area contributed by atoms with Crippen molar-refractivity contribution in [3.8, 4) is 0 Å². The van der Waals surface area contributed by atoms with Crippen molar-refractivity contribution >= 4 is 35.2 Å². The number of nitrogens with zero attached hydrogens (tertiary/aromatic N) is 3. The van der Waals surface area contributed by atoms with Gasteiger partial charge in [-0.15, -0.1) is 0 Å². The normalized spacial score (nSPS) is 15.2. The number of hydrogen-bond acceptors (Lipinski definition) is 4. The van der Waals surface area contributed by atoms with Crippen molar-refractivity contribution in [3.05, 3.63) is 57.3 Å². The van der Waals surface area contributed by atoms with Gasteiger partial charge in [-0.05, 0) is 30.7 Å². The second kappa shape index (κ2) is 10.1. The highest BCUT2D eigenvalue weighted by atomic mass is 35.5. The number of rotatable bonds is 7. The number of amides is 1. The van der Waals surface area contributed by atoms with Gasteiger partial charge < -0.3 is 10.1 Å². The summed E-state index contributed by atoms with van der Waals surface area (Å²) in [4.78, 5) is 14.4. The van der Waals surface area contributed by atoms with E-state index in [1.165, 1.54) is 6.08 Å². The predicted octanol–water partition coefficient (Wildman–Crippen LogP) is 3.01. The first-order valence-corrected chi connectivity index (χ1v) is 10.0. The van der Waals surface area contributed by atoms with Crippen LogP contribution in [0.4, 0.5) is 0 Å². The molecule has 3 rings (SSSR count). The standard InChI is InChI=1S/C20H24Cl2N4O2/c1-15-18(6-7-19(27)23-8-9-25-10-12-28-13-11-25)20(22)26(24-15)14-16-2-4-17(21)5-3-16/h2-7H,8-14H2,1H3,(H,23,27). The molecular formula is C20H24Cl2N4O2. The summed E-state index contributed by atoms with van der Waals surface area (Å²) in [5, 5.41) is 8.57. The first kappa shape index (κ1) is 20.9. The Morgan fingerprint density at radius 2 is 1.96 bits per heavy atom. The molecule has 0 atom stereocenters. The van der Waals surface area contributed by atoms with Gasteiger partial charge in [0.25, 0.3) is 0 Å². The van der Waals surface area contributed by atoms with Crippen LogP contribution in [0.3, 0.4) is 0 Å². The van der Waals surface area contributed by atoms with E-state index in [1.54, 1.807) is 10.8 Å². The van der Waals surface area contributed by atoms with Crippen LogP contribution in [0, 0.1) is 6.92 Å². The van der Waals surface area contributed by atoms with Crippen molar-refractivity contribution in [3.63, 3.8) is 0 Å². The minimum absolute atomic E-state index is 0.144. The van der Waals surface area contributed by atoms with Crippen LogP contribution in [0.5, 0.6) is 0 Å². The van der Waals surface area contributed by atoms with Crippen LogP contribution in [-0.4, -0.2) is 60.0 Å². The Kier molecular flexibility index (Phi) is 7.50. The number of aryl methyl sites for hydroxylation is 1.